The fraction of sp³-hybridized carbons (Fsp3) is 0.250. The van der Waals surface area contributed by atoms with E-state index in [1.54, 1.807) is 10.9 Å². The van der Waals surface area contributed by atoms with E-state index in [-0.39, 0.29) is 12.5 Å². The van der Waals surface area contributed by atoms with Crippen LogP contribution in [0.25, 0.3) is 10.8 Å². The Morgan fingerprint density at radius 2 is 1.67 bits per heavy atom. The van der Waals surface area contributed by atoms with Crippen molar-refractivity contribution in [1.29, 1.82) is 0 Å². The molecule has 1 aromatic heterocycles. The number of amides is 1. The molecule has 1 amide bonds. The highest BCUT2D eigenvalue weighted by atomic mass is 16.2. The Morgan fingerprint density at radius 1 is 1.00 bits per heavy atom. The summed E-state index contributed by atoms with van der Waals surface area (Å²) in [6.45, 7) is 4.40. The molecule has 3 aromatic rings. The van der Waals surface area contributed by atoms with Gasteiger partial charge in [0, 0.05) is 16.5 Å². The van der Waals surface area contributed by atoms with Crippen molar-refractivity contribution in [1.82, 2.24) is 5.10 Å². The van der Waals surface area contributed by atoms with Gasteiger partial charge in [0.15, 0.2) is 0 Å². The van der Waals surface area contributed by atoms with Gasteiger partial charge in [-0.15, -0.1) is 0 Å². The van der Waals surface area contributed by atoms with Gasteiger partial charge in [0.2, 0.25) is 6.20 Å². The number of fused-ring (bicyclic) bond motifs is 1. The van der Waals surface area contributed by atoms with Crippen LogP contribution < -0.4 is 10.00 Å². The van der Waals surface area contributed by atoms with E-state index in [0.29, 0.717) is 0 Å². The van der Waals surface area contributed by atoms with Gasteiger partial charge in [0.1, 0.15) is 6.20 Å². The highest BCUT2D eigenvalue weighted by Crippen LogP contribution is 2.22. The lowest BCUT2D eigenvalue weighted by molar-refractivity contribution is -0.740. The molecule has 0 unspecified atom stereocenters. The first-order valence-electron chi connectivity index (χ1n) is 8.36. The van der Waals surface area contributed by atoms with Gasteiger partial charge in [0.25, 0.3) is 12.5 Å². The number of para-hydroxylation sites is 1. The van der Waals surface area contributed by atoms with Crippen molar-refractivity contribution in [3.05, 3.63) is 66.0 Å². The third-order valence-electron chi connectivity index (χ3n) is 4.20. The highest BCUT2D eigenvalue weighted by molar-refractivity contribution is 5.91. The summed E-state index contributed by atoms with van der Waals surface area (Å²) in [6.07, 6.45) is 5.48. The first kappa shape index (κ1) is 16.1. The number of nitrogens with zero attached hydrogens (tertiary/aromatic N) is 2. The van der Waals surface area contributed by atoms with Crippen molar-refractivity contribution in [2.45, 2.75) is 33.2 Å². The van der Waals surface area contributed by atoms with Crippen LogP contribution in [-0.4, -0.2) is 11.0 Å². The third kappa shape index (κ3) is 3.43. The number of aromatic nitrogens is 2. The first-order valence-corrected chi connectivity index (χ1v) is 8.36. The molecule has 1 heterocycles. The fourth-order valence-corrected chi connectivity index (χ4v) is 2.89. The van der Waals surface area contributed by atoms with Gasteiger partial charge in [-0.2, -0.15) is 0 Å². The second-order valence-electron chi connectivity index (χ2n) is 5.81. The first-order chi connectivity index (χ1) is 11.7. The monoisotopic (exact) mass is 320 g/mol. The molecule has 0 atom stereocenters. The predicted octanol–water partition coefficient (Wildman–Crippen LogP) is 3.29. The zero-order valence-corrected chi connectivity index (χ0v) is 14.1. The Hall–Kier alpha value is -2.75. The van der Waals surface area contributed by atoms with Crippen LogP contribution in [0, 0.1) is 0 Å². The molecule has 4 nitrogen and oxygen atoms in total. The maximum Gasteiger partial charge on any atom is 0.292 e. The molecular formula is C20H22N3O+. The van der Waals surface area contributed by atoms with E-state index in [9.17, 15) is 4.79 Å². The summed E-state index contributed by atoms with van der Waals surface area (Å²) in [6, 6.07) is 14.2. The average Bonchev–Trinajstić information content (AvgIpc) is 2.61. The molecule has 0 saturated carbocycles. The Balaban J connectivity index is 1.80. The second kappa shape index (κ2) is 7.21. The zero-order chi connectivity index (χ0) is 16.9. The number of carbonyl (C=O) groups excluding carboxylic acids is 1. The molecule has 0 aliphatic heterocycles. The number of hydrogen-bond acceptors (Lipinski definition) is 2. The molecule has 0 aliphatic rings. The van der Waals surface area contributed by atoms with E-state index >= 15 is 0 Å². The number of hydrogen-bond donors (Lipinski definition) is 1. The second-order valence-corrected chi connectivity index (χ2v) is 5.81. The molecule has 0 spiro atoms. The summed E-state index contributed by atoms with van der Waals surface area (Å²) < 4.78 is 1.68. The Kier molecular flexibility index (Phi) is 4.85. The molecular weight excluding hydrogens is 298 g/mol. The molecule has 122 valence electrons. The van der Waals surface area contributed by atoms with Crippen molar-refractivity contribution in [2.75, 3.05) is 5.32 Å². The summed E-state index contributed by atoms with van der Waals surface area (Å²) in [7, 11) is 0. The maximum absolute atomic E-state index is 12.5. The molecule has 0 bridgehead atoms. The molecule has 0 aliphatic carbocycles. The van der Waals surface area contributed by atoms with Crippen LogP contribution in [0.4, 0.5) is 5.69 Å². The topological polar surface area (TPSA) is 45.9 Å². The molecule has 3 rings (SSSR count). The molecule has 4 heteroatoms. The van der Waals surface area contributed by atoms with Crippen molar-refractivity contribution < 1.29 is 9.48 Å². The minimum atomic E-state index is -0.0571. The van der Waals surface area contributed by atoms with Gasteiger partial charge in [-0.3, -0.25) is 4.79 Å². The van der Waals surface area contributed by atoms with E-state index in [2.05, 4.69) is 36.4 Å². The van der Waals surface area contributed by atoms with Crippen molar-refractivity contribution in [3.63, 3.8) is 0 Å². The van der Waals surface area contributed by atoms with Crippen molar-refractivity contribution in [3.8, 4) is 0 Å². The van der Waals surface area contributed by atoms with Gasteiger partial charge in [-0.25, -0.2) is 0 Å². The Morgan fingerprint density at radius 3 is 2.33 bits per heavy atom. The minimum absolute atomic E-state index is 0.0571. The van der Waals surface area contributed by atoms with Gasteiger partial charge in [0.05, 0.1) is 0 Å². The molecule has 0 saturated heterocycles. The van der Waals surface area contributed by atoms with Crippen molar-refractivity contribution in [2.24, 2.45) is 0 Å². The molecule has 0 fully saturated rings. The van der Waals surface area contributed by atoms with Crippen LogP contribution in [0.5, 0.6) is 0 Å². The normalized spacial score (nSPS) is 10.8. The van der Waals surface area contributed by atoms with Crippen LogP contribution in [0.2, 0.25) is 0 Å². The fourth-order valence-electron chi connectivity index (χ4n) is 2.89. The van der Waals surface area contributed by atoms with Crippen molar-refractivity contribution >= 4 is 22.4 Å². The van der Waals surface area contributed by atoms with E-state index < -0.39 is 0 Å². The quantitative estimate of drug-likeness (QED) is 0.733. The maximum atomic E-state index is 12.5. The third-order valence-corrected chi connectivity index (χ3v) is 4.20. The molecule has 0 radical (unpaired) electrons. The average molecular weight is 320 g/mol. The number of nitrogens with one attached hydrogen (secondary N) is 1. The number of aryl methyl sites for hydroxylation is 2. The smallest absolute Gasteiger partial charge is 0.292 e. The van der Waals surface area contributed by atoms with Gasteiger partial charge < -0.3 is 5.32 Å². The lowest BCUT2D eigenvalue weighted by atomic mass is 10.0. The van der Waals surface area contributed by atoms with E-state index in [1.165, 1.54) is 11.1 Å². The largest absolute Gasteiger partial charge is 0.320 e. The standard InChI is InChI=1S/C20H21N3O/c1-3-15-10-7-11-16(4-2)20(15)22-19(24)14-23-13-18-9-6-5-8-17(18)12-21-23/h5-13H,3-4,14H2,1-2H3/p+1. The number of benzene rings is 2. The summed E-state index contributed by atoms with van der Waals surface area (Å²) >= 11 is 0. The van der Waals surface area contributed by atoms with E-state index in [0.717, 1.165) is 29.3 Å². The van der Waals surface area contributed by atoms with Crippen LogP contribution >= 0.6 is 0 Å². The van der Waals surface area contributed by atoms with E-state index in [4.69, 9.17) is 0 Å². The zero-order valence-electron chi connectivity index (χ0n) is 14.1. The number of carbonyl (C=O) groups is 1. The highest BCUT2D eigenvalue weighted by Gasteiger charge is 2.15. The van der Waals surface area contributed by atoms with Gasteiger partial charge in [-0.05, 0) is 35.1 Å². The van der Waals surface area contributed by atoms with Gasteiger partial charge >= 0.3 is 0 Å². The molecule has 1 N–H and O–H groups in total. The Labute approximate surface area is 142 Å². The SMILES string of the molecule is CCc1cccc(CC)c1NC(=O)C[n+]1cc2ccccc2cn1. The number of rotatable bonds is 5. The van der Waals surface area contributed by atoms with Gasteiger partial charge in [-0.1, -0.05) is 54.9 Å². The predicted molar refractivity (Wildman–Crippen MR) is 95.8 cm³/mol. The summed E-state index contributed by atoms with van der Waals surface area (Å²) in [4.78, 5) is 12.5. The Bertz CT molecular complexity index is 851. The lowest BCUT2D eigenvalue weighted by Crippen LogP contribution is -2.43. The van der Waals surface area contributed by atoms with Crippen LogP contribution in [-0.2, 0) is 24.2 Å². The lowest BCUT2D eigenvalue weighted by Gasteiger charge is -2.13. The summed E-state index contributed by atoms with van der Waals surface area (Å²) in [5, 5.41) is 9.55. The van der Waals surface area contributed by atoms with Crippen LogP contribution in [0.15, 0.2) is 54.9 Å². The van der Waals surface area contributed by atoms with E-state index in [1.807, 2.05) is 36.5 Å². The van der Waals surface area contributed by atoms with Crippen LogP contribution in [0.3, 0.4) is 0 Å². The summed E-state index contributed by atoms with van der Waals surface area (Å²) in [5.74, 6) is -0.0571. The number of anilines is 1. The minimum Gasteiger partial charge on any atom is -0.320 e. The molecule has 2 aromatic carbocycles. The summed E-state index contributed by atoms with van der Waals surface area (Å²) in [5.41, 5.74) is 3.28. The van der Waals surface area contributed by atoms with Crippen LogP contribution in [0.1, 0.15) is 25.0 Å². The molecule has 24 heavy (non-hydrogen) atoms.